The van der Waals surface area contributed by atoms with Crippen LogP contribution < -0.4 is 15.1 Å². The van der Waals surface area contributed by atoms with Crippen molar-refractivity contribution in [2.24, 2.45) is 0 Å². The number of aromatic nitrogens is 2. The molecule has 1 aromatic carbocycles. The van der Waals surface area contributed by atoms with E-state index in [0.717, 1.165) is 43.6 Å². The summed E-state index contributed by atoms with van der Waals surface area (Å²) in [5.74, 6) is 1.67. The van der Waals surface area contributed by atoms with Crippen LogP contribution in [0, 0.1) is 13.8 Å². The van der Waals surface area contributed by atoms with Gasteiger partial charge in [0.2, 0.25) is 5.95 Å². The molecule has 3 rings (SSSR count). The quantitative estimate of drug-likeness (QED) is 0.857. The summed E-state index contributed by atoms with van der Waals surface area (Å²) >= 11 is 0. The third-order valence-corrected chi connectivity index (χ3v) is 4.20. The van der Waals surface area contributed by atoms with E-state index in [4.69, 9.17) is 0 Å². The predicted molar refractivity (Wildman–Crippen MR) is 101 cm³/mol. The standard InChI is InChI=1S/C19H25N5/c1-4-8-20-18-14-16(3)21-19(22-18)24-11-9-23(10-12-24)17-7-5-6-15(2)13-17/h4-7,13-14H,1,8-12H2,2-3H3,(H,20,21,22). The second-order valence-corrected chi connectivity index (χ2v) is 6.18. The second kappa shape index (κ2) is 7.34. The topological polar surface area (TPSA) is 44.3 Å². The Balaban J connectivity index is 1.68. The van der Waals surface area contributed by atoms with Gasteiger partial charge in [0.1, 0.15) is 5.82 Å². The molecule has 1 aliphatic rings. The summed E-state index contributed by atoms with van der Waals surface area (Å²) in [4.78, 5) is 13.9. The molecule has 1 saturated heterocycles. The highest BCUT2D eigenvalue weighted by molar-refractivity contribution is 5.51. The average Bonchev–Trinajstić information content (AvgIpc) is 2.60. The van der Waals surface area contributed by atoms with Crippen molar-refractivity contribution in [1.82, 2.24) is 9.97 Å². The van der Waals surface area contributed by atoms with Crippen LogP contribution in [0.4, 0.5) is 17.5 Å². The van der Waals surface area contributed by atoms with Crippen molar-refractivity contribution in [3.8, 4) is 0 Å². The highest BCUT2D eigenvalue weighted by Gasteiger charge is 2.20. The van der Waals surface area contributed by atoms with Gasteiger partial charge in [0, 0.05) is 50.2 Å². The van der Waals surface area contributed by atoms with Gasteiger partial charge < -0.3 is 15.1 Å². The van der Waals surface area contributed by atoms with E-state index in [2.05, 4.69) is 62.9 Å². The minimum atomic E-state index is 0.705. The first-order chi connectivity index (χ1) is 11.7. The zero-order chi connectivity index (χ0) is 16.9. The summed E-state index contributed by atoms with van der Waals surface area (Å²) in [7, 11) is 0. The van der Waals surface area contributed by atoms with E-state index in [1.807, 2.05) is 19.1 Å². The Hall–Kier alpha value is -2.56. The van der Waals surface area contributed by atoms with Crippen molar-refractivity contribution < 1.29 is 0 Å². The molecule has 2 heterocycles. The van der Waals surface area contributed by atoms with Gasteiger partial charge in [-0.05, 0) is 31.5 Å². The number of hydrogen-bond donors (Lipinski definition) is 1. The van der Waals surface area contributed by atoms with Crippen LogP contribution in [-0.4, -0.2) is 42.7 Å². The molecule has 1 aliphatic heterocycles. The molecule has 1 N–H and O–H groups in total. The lowest BCUT2D eigenvalue weighted by molar-refractivity contribution is 0.639. The van der Waals surface area contributed by atoms with Crippen LogP contribution in [0.15, 0.2) is 43.0 Å². The molecule has 0 saturated carbocycles. The van der Waals surface area contributed by atoms with E-state index in [0.29, 0.717) is 6.54 Å². The molecule has 0 amide bonds. The molecule has 0 aliphatic carbocycles. The fourth-order valence-corrected chi connectivity index (χ4v) is 2.95. The molecule has 0 atom stereocenters. The van der Waals surface area contributed by atoms with Crippen LogP contribution in [0.25, 0.3) is 0 Å². The maximum atomic E-state index is 4.64. The average molecular weight is 323 g/mol. The number of rotatable bonds is 5. The van der Waals surface area contributed by atoms with Gasteiger partial charge in [0.15, 0.2) is 0 Å². The fourth-order valence-electron chi connectivity index (χ4n) is 2.95. The molecular weight excluding hydrogens is 298 g/mol. The Bertz CT molecular complexity index is 705. The van der Waals surface area contributed by atoms with Crippen LogP contribution in [0.1, 0.15) is 11.3 Å². The lowest BCUT2D eigenvalue weighted by atomic mass is 10.2. The number of benzene rings is 1. The summed E-state index contributed by atoms with van der Waals surface area (Å²) in [5, 5.41) is 3.25. The zero-order valence-electron chi connectivity index (χ0n) is 14.5. The molecule has 2 aromatic rings. The Morgan fingerprint density at radius 1 is 1.08 bits per heavy atom. The molecular formula is C19H25N5. The van der Waals surface area contributed by atoms with Gasteiger partial charge in [-0.1, -0.05) is 18.2 Å². The monoisotopic (exact) mass is 323 g/mol. The number of aryl methyl sites for hydroxylation is 2. The highest BCUT2D eigenvalue weighted by Crippen LogP contribution is 2.20. The van der Waals surface area contributed by atoms with Crippen molar-refractivity contribution >= 4 is 17.5 Å². The maximum absolute atomic E-state index is 4.64. The van der Waals surface area contributed by atoms with Crippen molar-refractivity contribution in [2.75, 3.05) is 47.8 Å². The van der Waals surface area contributed by atoms with Crippen molar-refractivity contribution in [3.05, 3.63) is 54.2 Å². The smallest absolute Gasteiger partial charge is 0.227 e. The lowest BCUT2D eigenvalue weighted by Gasteiger charge is -2.36. The van der Waals surface area contributed by atoms with E-state index in [1.165, 1.54) is 11.3 Å². The summed E-state index contributed by atoms with van der Waals surface area (Å²) in [6.07, 6.45) is 1.83. The van der Waals surface area contributed by atoms with Crippen LogP contribution in [-0.2, 0) is 0 Å². The normalized spacial score (nSPS) is 14.6. The molecule has 1 aromatic heterocycles. The highest BCUT2D eigenvalue weighted by atomic mass is 15.3. The van der Waals surface area contributed by atoms with Gasteiger partial charge in [-0.25, -0.2) is 4.98 Å². The van der Waals surface area contributed by atoms with E-state index < -0.39 is 0 Å². The Morgan fingerprint density at radius 3 is 2.54 bits per heavy atom. The Labute approximate surface area is 144 Å². The number of hydrogen-bond acceptors (Lipinski definition) is 5. The molecule has 0 spiro atoms. The summed E-state index contributed by atoms with van der Waals surface area (Å²) in [6.45, 7) is 12.4. The van der Waals surface area contributed by atoms with E-state index in [1.54, 1.807) is 0 Å². The molecule has 0 unspecified atom stereocenters. The van der Waals surface area contributed by atoms with Crippen LogP contribution in [0.5, 0.6) is 0 Å². The van der Waals surface area contributed by atoms with Crippen LogP contribution in [0.2, 0.25) is 0 Å². The minimum absolute atomic E-state index is 0.705. The second-order valence-electron chi connectivity index (χ2n) is 6.18. The fraction of sp³-hybridized carbons (Fsp3) is 0.368. The molecule has 126 valence electrons. The first-order valence-corrected chi connectivity index (χ1v) is 8.43. The van der Waals surface area contributed by atoms with Gasteiger partial charge in [0.05, 0.1) is 0 Å². The number of piperazine rings is 1. The van der Waals surface area contributed by atoms with Gasteiger partial charge in [-0.3, -0.25) is 0 Å². The maximum Gasteiger partial charge on any atom is 0.227 e. The lowest BCUT2D eigenvalue weighted by Crippen LogP contribution is -2.47. The molecule has 1 fully saturated rings. The predicted octanol–water partition coefficient (Wildman–Crippen LogP) is 3.02. The van der Waals surface area contributed by atoms with Crippen molar-refractivity contribution in [1.29, 1.82) is 0 Å². The first-order valence-electron chi connectivity index (χ1n) is 8.43. The van der Waals surface area contributed by atoms with E-state index >= 15 is 0 Å². The van der Waals surface area contributed by atoms with E-state index in [-0.39, 0.29) is 0 Å². The number of nitrogens with zero attached hydrogens (tertiary/aromatic N) is 4. The molecule has 0 bridgehead atoms. The SMILES string of the molecule is C=CCNc1cc(C)nc(N2CCN(c3cccc(C)c3)CC2)n1. The summed E-state index contributed by atoms with van der Waals surface area (Å²) < 4.78 is 0. The van der Waals surface area contributed by atoms with Gasteiger partial charge >= 0.3 is 0 Å². The van der Waals surface area contributed by atoms with E-state index in [9.17, 15) is 0 Å². The van der Waals surface area contributed by atoms with Crippen molar-refractivity contribution in [2.45, 2.75) is 13.8 Å². The Kier molecular flexibility index (Phi) is 4.99. The van der Waals surface area contributed by atoms with Gasteiger partial charge in [-0.2, -0.15) is 4.98 Å². The third-order valence-electron chi connectivity index (χ3n) is 4.20. The number of nitrogens with one attached hydrogen (secondary N) is 1. The summed E-state index contributed by atoms with van der Waals surface area (Å²) in [5.41, 5.74) is 3.58. The molecule has 0 radical (unpaired) electrons. The van der Waals surface area contributed by atoms with Crippen LogP contribution >= 0.6 is 0 Å². The zero-order valence-corrected chi connectivity index (χ0v) is 14.5. The molecule has 5 heteroatoms. The first kappa shape index (κ1) is 16.3. The van der Waals surface area contributed by atoms with Crippen LogP contribution in [0.3, 0.4) is 0 Å². The third kappa shape index (κ3) is 3.85. The largest absolute Gasteiger partial charge is 0.368 e. The molecule has 24 heavy (non-hydrogen) atoms. The minimum Gasteiger partial charge on any atom is -0.368 e. The van der Waals surface area contributed by atoms with Gasteiger partial charge in [0.25, 0.3) is 0 Å². The van der Waals surface area contributed by atoms with Crippen molar-refractivity contribution in [3.63, 3.8) is 0 Å². The summed E-state index contributed by atoms with van der Waals surface area (Å²) in [6, 6.07) is 10.7. The molecule has 5 nitrogen and oxygen atoms in total. The van der Waals surface area contributed by atoms with Gasteiger partial charge in [-0.15, -0.1) is 6.58 Å². The Morgan fingerprint density at radius 2 is 1.83 bits per heavy atom. The number of anilines is 3.